The van der Waals surface area contributed by atoms with E-state index in [0.29, 0.717) is 0 Å². The fraction of sp³-hybridized carbons (Fsp3) is 0. The minimum Gasteiger partial charge on any atom is -0.443 e. The molecule has 0 amide bonds. The largest absolute Gasteiger partial charge is 0.443 e. The number of hydrogen-bond donors (Lipinski definition) is 0. The molecule has 0 spiro atoms. The maximum Gasteiger partial charge on any atom is 0.182 e. The van der Waals surface area contributed by atoms with E-state index in [0.717, 1.165) is 32.8 Å². The van der Waals surface area contributed by atoms with Crippen LogP contribution in [0, 0.1) is 0 Å². The SMILES string of the molecule is c1cnc2ccc3cc4ccc5ncoc5c4cc3c2c1. The first-order valence-electron chi connectivity index (χ1n) is 6.83. The van der Waals surface area contributed by atoms with E-state index in [4.69, 9.17) is 4.42 Å². The molecule has 0 aliphatic rings. The number of rotatable bonds is 0. The van der Waals surface area contributed by atoms with Crippen LogP contribution in [0.25, 0.3) is 43.5 Å². The lowest BCUT2D eigenvalue weighted by atomic mass is 10.00. The molecule has 0 aliphatic heterocycles. The summed E-state index contributed by atoms with van der Waals surface area (Å²) < 4.78 is 5.57. The molecular formula is C18H10N2O. The molecule has 3 heteroatoms. The smallest absolute Gasteiger partial charge is 0.182 e. The van der Waals surface area contributed by atoms with Crippen molar-refractivity contribution in [3.05, 3.63) is 61.1 Å². The summed E-state index contributed by atoms with van der Waals surface area (Å²) >= 11 is 0. The third-order valence-corrected chi connectivity index (χ3v) is 4.03. The molecular weight excluding hydrogens is 260 g/mol. The third kappa shape index (κ3) is 1.43. The van der Waals surface area contributed by atoms with Gasteiger partial charge < -0.3 is 4.42 Å². The van der Waals surface area contributed by atoms with Gasteiger partial charge in [0.05, 0.1) is 5.52 Å². The highest BCUT2D eigenvalue weighted by Crippen LogP contribution is 2.32. The zero-order chi connectivity index (χ0) is 13.8. The van der Waals surface area contributed by atoms with Gasteiger partial charge in [-0.3, -0.25) is 4.98 Å². The highest BCUT2D eigenvalue weighted by Gasteiger charge is 2.08. The first-order chi connectivity index (χ1) is 10.4. The number of benzene rings is 3. The number of fused-ring (bicyclic) bond motifs is 6. The summed E-state index contributed by atoms with van der Waals surface area (Å²) in [5.74, 6) is 0. The molecule has 98 valence electrons. The van der Waals surface area contributed by atoms with E-state index >= 15 is 0 Å². The molecule has 3 nitrogen and oxygen atoms in total. The Morgan fingerprint density at radius 1 is 0.714 bits per heavy atom. The van der Waals surface area contributed by atoms with E-state index in [2.05, 4.69) is 46.4 Å². The van der Waals surface area contributed by atoms with Crippen molar-refractivity contribution >= 4 is 43.5 Å². The Hall–Kier alpha value is -2.94. The third-order valence-electron chi connectivity index (χ3n) is 4.03. The van der Waals surface area contributed by atoms with Gasteiger partial charge in [-0.25, -0.2) is 4.98 Å². The van der Waals surface area contributed by atoms with E-state index in [-0.39, 0.29) is 0 Å². The van der Waals surface area contributed by atoms with Crippen molar-refractivity contribution in [1.82, 2.24) is 9.97 Å². The fourth-order valence-electron chi connectivity index (χ4n) is 3.03. The maximum atomic E-state index is 5.57. The standard InChI is InChI=1S/C18H10N2O/c1-2-13-14-9-15-12(4-6-17-18(15)21-10-20-17)8-11(14)3-5-16(13)19-7-1/h1-10H. The number of pyridine rings is 1. The van der Waals surface area contributed by atoms with E-state index in [9.17, 15) is 0 Å². The second kappa shape index (κ2) is 3.79. The topological polar surface area (TPSA) is 38.9 Å². The van der Waals surface area contributed by atoms with Crippen LogP contribution in [-0.2, 0) is 0 Å². The molecule has 0 bridgehead atoms. The van der Waals surface area contributed by atoms with Crippen LogP contribution in [0.2, 0.25) is 0 Å². The molecule has 0 atom stereocenters. The van der Waals surface area contributed by atoms with Crippen molar-refractivity contribution < 1.29 is 4.42 Å². The molecule has 0 fully saturated rings. The quantitative estimate of drug-likeness (QED) is 0.303. The monoisotopic (exact) mass is 270 g/mol. The molecule has 5 aromatic rings. The van der Waals surface area contributed by atoms with Gasteiger partial charge in [0.2, 0.25) is 0 Å². The summed E-state index contributed by atoms with van der Waals surface area (Å²) in [7, 11) is 0. The highest BCUT2D eigenvalue weighted by atomic mass is 16.3. The fourth-order valence-corrected chi connectivity index (χ4v) is 3.03. The van der Waals surface area contributed by atoms with Crippen molar-refractivity contribution in [2.45, 2.75) is 0 Å². The highest BCUT2D eigenvalue weighted by molar-refractivity contribution is 6.15. The van der Waals surface area contributed by atoms with Crippen LogP contribution in [0.5, 0.6) is 0 Å². The molecule has 0 aliphatic carbocycles. The van der Waals surface area contributed by atoms with Gasteiger partial charge in [0.25, 0.3) is 0 Å². The van der Waals surface area contributed by atoms with E-state index in [1.54, 1.807) is 0 Å². The van der Waals surface area contributed by atoms with Crippen molar-refractivity contribution in [2.75, 3.05) is 0 Å². The second-order valence-corrected chi connectivity index (χ2v) is 5.20. The first kappa shape index (κ1) is 10.8. The van der Waals surface area contributed by atoms with Gasteiger partial charge in [-0.1, -0.05) is 18.2 Å². The van der Waals surface area contributed by atoms with Gasteiger partial charge in [0, 0.05) is 17.0 Å². The predicted molar refractivity (Wildman–Crippen MR) is 84.3 cm³/mol. The summed E-state index contributed by atoms with van der Waals surface area (Å²) in [6.07, 6.45) is 3.32. The van der Waals surface area contributed by atoms with Crippen molar-refractivity contribution in [2.24, 2.45) is 0 Å². The average Bonchev–Trinajstić information content (AvgIpc) is 3.02. The molecule has 5 rings (SSSR count). The average molecular weight is 270 g/mol. The number of nitrogens with zero attached hydrogens (tertiary/aromatic N) is 2. The normalized spacial score (nSPS) is 11.8. The van der Waals surface area contributed by atoms with Crippen molar-refractivity contribution in [1.29, 1.82) is 0 Å². The summed E-state index contributed by atoms with van der Waals surface area (Å²) in [6, 6.07) is 16.7. The summed E-state index contributed by atoms with van der Waals surface area (Å²) in [4.78, 5) is 8.66. The van der Waals surface area contributed by atoms with E-state index < -0.39 is 0 Å². The second-order valence-electron chi connectivity index (χ2n) is 5.20. The molecule has 2 aromatic heterocycles. The van der Waals surface area contributed by atoms with Gasteiger partial charge in [0.1, 0.15) is 5.52 Å². The van der Waals surface area contributed by atoms with Gasteiger partial charge in [-0.05, 0) is 46.5 Å². The summed E-state index contributed by atoms with van der Waals surface area (Å²) in [5.41, 5.74) is 2.74. The summed E-state index contributed by atoms with van der Waals surface area (Å²) in [6.45, 7) is 0. The van der Waals surface area contributed by atoms with Crippen LogP contribution in [0.1, 0.15) is 0 Å². The van der Waals surface area contributed by atoms with Crippen LogP contribution in [0.15, 0.2) is 65.5 Å². The van der Waals surface area contributed by atoms with E-state index in [1.165, 1.54) is 17.2 Å². The maximum absolute atomic E-state index is 5.57. The van der Waals surface area contributed by atoms with Gasteiger partial charge in [-0.15, -0.1) is 0 Å². The van der Waals surface area contributed by atoms with Gasteiger partial charge in [-0.2, -0.15) is 0 Å². The Morgan fingerprint density at radius 2 is 1.57 bits per heavy atom. The van der Waals surface area contributed by atoms with Gasteiger partial charge in [0.15, 0.2) is 12.0 Å². The van der Waals surface area contributed by atoms with Crippen LogP contribution in [0.3, 0.4) is 0 Å². The molecule has 0 saturated heterocycles. The Bertz CT molecular complexity index is 1140. The Balaban J connectivity index is 2.07. The summed E-state index contributed by atoms with van der Waals surface area (Å²) in [5, 5.41) is 5.82. The Kier molecular flexibility index (Phi) is 1.95. The Labute approximate surface area is 119 Å². The van der Waals surface area contributed by atoms with Crippen LogP contribution in [-0.4, -0.2) is 9.97 Å². The van der Waals surface area contributed by atoms with Crippen molar-refractivity contribution in [3.63, 3.8) is 0 Å². The predicted octanol–water partition coefficient (Wildman–Crippen LogP) is 4.68. The number of oxazole rings is 1. The molecule has 0 unspecified atom stereocenters. The molecule has 0 saturated carbocycles. The molecule has 0 radical (unpaired) electrons. The Morgan fingerprint density at radius 3 is 2.52 bits per heavy atom. The minimum atomic E-state index is 0.843. The van der Waals surface area contributed by atoms with Crippen LogP contribution < -0.4 is 0 Å². The molecule has 0 N–H and O–H groups in total. The number of aromatic nitrogens is 2. The van der Waals surface area contributed by atoms with Gasteiger partial charge >= 0.3 is 0 Å². The van der Waals surface area contributed by atoms with Crippen LogP contribution in [0.4, 0.5) is 0 Å². The van der Waals surface area contributed by atoms with Crippen LogP contribution >= 0.6 is 0 Å². The lowest BCUT2D eigenvalue weighted by Crippen LogP contribution is -1.82. The first-order valence-corrected chi connectivity index (χ1v) is 6.83. The molecule has 3 aromatic carbocycles. The lowest BCUT2D eigenvalue weighted by Gasteiger charge is -2.06. The minimum absolute atomic E-state index is 0.843. The van der Waals surface area contributed by atoms with E-state index in [1.807, 2.05) is 18.3 Å². The molecule has 21 heavy (non-hydrogen) atoms. The molecule has 2 heterocycles. The zero-order valence-electron chi connectivity index (χ0n) is 11.1. The van der Waals surface area contributed by atoms with Crippen molar-refractivity contribution in [3.8, 4) is 0 Å². The lowest BCUT2D eigenvalue weighted by molar-refractivity contribution is 0.605. The number of hydrogen-bond acceptors (Lipinski definition) is 3. The zero-order valence-corrected chi connectivity index (χ0v) is 11.1.